The van der Waals surface area contributed by atoms with Crippen molar-refractivity contribution in [2.24, 2.45) is 0 Å². The molecule has 0 unspecified atom stereocenters. The molecule has 0 aliphatic heterocycles. The second kappa shape index (κ2) is 9.42. The van der Waals surface area contributed by atoms with E-state index in [0.29, 0.717) is 29.6 Å². The van der Waals surface area contributed by atoms with Gasteiger partial charge in [-0.25, -0.2) is 4.98 Å². The van der Waals surface area contributed by atoms with Crippen molar-refractivity contribution in [1.29, 1.82) is 5.26 Å². The van der Waals surface area contributed by atoms with Gasteiger partial charge in [-0.15, -0.1) is 0 Å². The number of ether oxygens (including phenoxy) is 2. The van der Waals surface area contributed by atoms with Crippen LogP contribution in [0.5, 0.6) is 11.5 Å². The molecule has 0 aliphatic carbocycles. The van der Waals surface area contributed by atoms with Gasteiger partial charge in [0.15, 0.2) is 11.5 Å². The number of aryl methyl sites for hydroxylation is 1. The van der Waals surface area contributed by atoms with Crippen LogP contribution in [0.2, 0.25) is 0 Å². The van der Waals surface area contributed by atoms with Crippen LogP contribution in [0.4, 0.5) is 17.5 Å². The molecule has 0 spiro atoms. The molecule has 0 fully saturated rings. The molecule has 0 amide bonds. The summed E-state index contributed by atoms with van der Waals surface area (Å²) >= 11 is 0. The summed E-state index contributed by atoms with van der Waals surface area (Å²) in [6.45, 7) is 2.62. The van der Waals surface area contributed by atoms with Crippen LogP contribution in [-0.4, -0.2) is 30.7 Å². The van der Waals surface area contributed by atoms with Crippen LogP contribution < -0.4 is 20.1 Å². The standard InChI is InChI=1S/C22H23N5O2/c1-15-11-21(24-10-9-16-7-8-19(28-2)20(13-16)29-3)27-22(25-15)26-18-6-4-5-17(12-18)14-23/h4-8,11-13H,9-10H2,1-3H3,(H2,24,25,26,27). The molecule has 29 heavy (non-hydrogen) atoms. The summed E-state index contributed by atoms with van der Waals surface area (Å²) < 4.78 is 10.6. The SMILES string of the molecule is COc1ccc(CCNc2cc(C)nc(Nc3cccc(C#N)c3)n2)cc1OC. The summed E-state index contributed by atoms with van der Waals surface area (Å²) in [6, 6.07) is 17.1. The Morgan fingerprint density at radius 3 is 2.59 bits per heavy atom. The second-order valence-corrected chi connectivity index (χ2v) is 6.40. The summed E-state index contributed by atoms with van der Waals surface area (Å²) in [5, 5.41) is 15.5. The highest BCUT2D eigenvalue weighted by Crippen LogP contribution is 2.27. The molecule has 1 aromatic heterocycles. The van der Waals surface area contributed by atoms with Gasteiger partial charge in [0.05, 0.1) is 25.9 Å². The number of nitriles is 1. The van der Waals surface area contributed by atoms with Crippen LogP contribution in [0.1, 0.15) is 16.8 Å². The highest BCUT2D eigenvalue weighted by Gasteiger charge is 2.06. The maximum Gasteiger partial charge on any atom is 0.229 e. The monoisotopic (exact) mass is 389 g/mol. The number of methoxy groups -OCH3 is 2. The maximum absolute atomic E-state index is 9.04. The van der Waals surface area contributed by atoms with Gasteiger partial charge in [-0.3, -0.25) is 0 Å². The number of benzene rings is 2. The molecule has 3 rings (SSSR count). The second-order valence-electron chi connectivity index (χ2n) is 6.40. The van der Waals surface area contributed by atoms with Crippen molar-refractivity contribution in [2.75, 3.05) is 31.4 Å². The average Bonchev–Trinajstić information content (AvgIpc) is 2.73. The molecule has 0 radical (unpaired) electrons. The Kier molecular flexibility index (Phi) is 6.48. The predicted octanol–water partition coefficient (Wildman–Crippen LogP) is 4.07. The van der Waals surface area contributed by atoms with Crippen LogP contribution in [0.3, 0.4) is 0 Å². The van der Waals surface area contributed by atoms with Gasteiger partial charge in [-0.2, -0.15) is 10.2 Å². The fourth-order valence-electron chi connectivity index (χ4n) is 2.88. The lowest BCUT2D eigenvalue weighted by atomic mass is 10.1. The van der Waals surface area contributed by atoms with E-state index in [9.17, 15) is 0 Å². The third-order valence-corrected chi connectivity index (χ3v) is 4.27. The molecule has 7 nitrogen and oxygen atoms in total. The van der Waals surface area contributed by atoms with Gasteiger partial charge >= 0.3 is 0 Å². The lowest BCUT2D eigenvalue weighted by molar-refractivity contribution is 0.354. The number of rotatable bonds is 8. The summed E-state index contributed by atoms with van der Waals surface area (Å²) in [5.74, 6) is 2.64. The van der Waals surface area contributed by atoms with Crippen molar-refractivity contribution in [3.8, 4) is 17.6 Å². The highest BCUT2D eigenvalue weighted by atomic mass is 16.5. The molecule has 0 atom stereocenters. The number of hydrogen-bond donors (Lipinski definition) is 2. The number of aromatic nitrogens is 2. The van der Waals surface area contributed by atoms with E-state index in [4.69, 9.17) is 14.7 Å². The Morgan fingerprint density at radius 2 is 1.83 bits per heavy atom. The Bertz CT molecular complexity index is 1030. The van der Waals surface area contributed by atoms with Crippen molar-refractivity contribution in [2.45, 2.75) is 13.3 Å². The van der Waals surface area contributed by atoms with Gasteiger partial charge in [0.25, 0.3) is 0 Å². The third kappa shape index (κ3) is 5.36. The van der Waals surface area contributed by atoms with E-state index in [1.54, 1.807) is 26.4 Å². The molecule has 0 aliphatic rings. The van der Waals surface area contributed by atoms with Gasteiger partial charge in [0.1, 0.15) is 5.82 Å². The number of nitrogens with one attached hydrogen (secondary N) is 2. The number of anilines is 3. The predicted molar refractivity (Wildman–Crippen MR) is 113 cm³/mol. The molecule has 0 bridgehead atoms. The van der Waals surface area contributed by atoms with Crippen molar-refractivity contribution >= 4 is 17.5 Å². The third-order valence-electron chi connectivity index (χ3n) is 4.27. The first kappa shape index (κ1) is 20.0. The largest absolute Gasteiger partial charge is 0.493 e. The molecule has 2 aromatic carbocycles. The summed E-state index contributed by atoms with van der Waals surface area (Å²) in [7, 11) is 3.25. The summed E-state index contributed by atoms with van der Waals surface area (Å²) in [5.41, 5.74) is 3.32. The maximum atomic E-state index is 9.04. The van der Waals surface area contributed by atoms with E-state index in [0.717, 1.165) is 29.2 Å². The lowest BCUT2D eigenvalue weighted by Gasteiger charge is -2.11. The Morgan fingerprint density at radius 1 is 1.00 bits per heavy atom. The summed E-state index contributed by atoms with van der Waals surface area (Å²) in [6.07, 6.45) is 0.802. The highest BCUT2D eigenvalue weighted by molar-refractivity contribution is 5.57. The van der Waals surface area contributed by atoms with Gasteiger partial charge in [-0.1, -0.05) is 12.1 Å². The van der Waals surface area contributed by atoms with E-state index >= 15 is 0 Å². The van der Waals surface area contributed by atoms with Crippen molar-refractivity contribution in [3.63, 3.8) is 0 Å². The molecule has 1 heterocycles. The van der Waals surface area contributed by atoms with Gasteiger partial charge in [0.2, 0.25) is 5.95 Å². The van der Waals surface area contributed by atoms with Crippen LogP contribution in [0, 0.1) is 18.3 Å². The van der Waals surface area contributed by atoms with Crippen molar-refractivity contribution < 1.29 is 9.47 Å². The molecule has 7 heteroatoms. The van der Waals surface area contributed by atoms with E-state index in [1.807, 2.05) is 43.3 Å². The first-order valence-electron chi connectivity index (χ1n) is 9.19. The molecule has 3 aromatic rings. The van der Waals surface area contributed by atoms with Crippen LogP contribution in [0.15, 0.2) is 48.5 Å². The first-order chi connectivity index (χ1) is 14.1. The normalized spacial score (nSPS) is 10.1. The first-order valence-corrected chi connectivity index (χ1v) is 9.19. The number of nitrogens with zero attached hydrogens (tertiary/aromatic N) is 3. The molecular weight excluding hydrogens is 366 g/mol. The Hall–Kier alpha value is -3.79. The minimum absolute atomic E-state index is 0.480. The zero-order valence-electron chi connectivity index (χ0n) is 16.7. The van der Waals surface area contributed by atoms with Gasteiger partial charge in [-0.05, 0) is 49.2 Å². The zero-order valence-corrected chi connectivity index (χ0v) is 16.7. The Balaban J connectivity index is 1.65. The fraction of sp³-hybridized carbons (Fsp3) is 0.227. The van der Waals surface area contributed by atoms with Crippen LogP contribution in [0.25, 0.3) is 0 Å². The topological polar surface area (TPSA) is 92.1 Å². The van der Waals surface area contributed by atoms with E-state index < -0.39 is 0 Å². The van der Waals surface area contributed by atoms with Crippen LogP contribution in [-0.2, 0) is 6.42 Å². The molecule has 0 saturated carbocycles. The quantitative estimate of drug-likeness (QED) is 0.600. The molecular formula is C22H23N5O2. The smallest absolute Gasteiger partial charge is 0.229 e. The summed E-state index contributed by atoms with van der Waals surface area (Å²) in [4.78, 5) is 8.93. The van der Waals surface area contributed by atoms with Crippen molar-refractivity contribution in [1.82, 2.24) is 9.97 Å². The number of hydrogen-bond acceptors (Lipinski definition) is 7. The zero-order chi connectivity index (χ0) is 20.6. The van der Waals surface area contributed by atoms with E-state index in [1.165, 1.54) is 0 Å². The fourth-order valence-corrected chi connectivity index (χ4v) is 2.88. The molecule has 148 valence electrons. The molecule has 2 N–H and O–H groups in total. The van der Waals surface area contributed by atoms with Gasteiger partial charge < -0.3 is 20.1 Å². The molecule has 0 saturated heterocycles. The minimum atomic E-state index is 0.480. The van der Waals surface area contributed by atoms with E-state index in [2.05, 4.69) is 26.7 Å². The average molecular weight is 389 g/mol. The van der Waals surface area contributed by atoms with Gasteiger partial charge in [0, 0.05) is 24.0 Å². The minimum Gasteiger partial charge on any atom is -0.493 e. The van der Waals surface area contributed by atoms with Crippen molar-refractivity contribution in [3.05, 3.63) is 65.4 Å². The van der Waals surface area contributed by atoms with Crippen LogP contribution >= 0.6 is 0 Å². The lowest BCUT2D eigenvalue weighted by Crippen LogP contribution is -2.09. The Labute approximate surface area is 170 Å². The van der Waals surface area contributed by atoms with E-state index in [-0.39, 0.29) is 0 Å².